The van der Waals surface area contributed by atoms with E-state index in [1.807, 2.05) is 33.0 Å². The standard InChI is InChI=1S/C14H16ClN3O/c1-4-12-17-13(16-3)9(2)14(18-12)19-11-7-5-6-10(15)8-11/h5-8H,4H2,1-3H3,(H,16,17,18). The lowest BCUT2D eigenvalue weighted by Gasteiger charge is -2.12. The van der Waals surface area contributed by atoms with Gasteiger partial charge in [0.1, 0.15) is 17.4 Å². The van der Waals surface area contributed by atoms with Gasteiger partial charge in [0, 0.05) is 18.5 Å². The van der Waals surface area contributed by atoms with Gasteiger partial charge in [0.25, 0.3) is 0 Å². The van der Waals surface area contributed by atoms with Crippen LogP contribution in [0.25, 0.3) is 0 Å². The molecule has 0 aliphatic heterocycles. The molecule has 0 fully saturated rings. The molecular weight excluding hydrogens is 262 g/mol. The van der Waals surface area contributed by atoms with Crippen LogP contribution in [0, 0.1) is 6.92 Å². The number of benzene rings is 1. The summed E-state index contributed by atoms with van der Waals surface area (Å²) >= 11 is 5.94. The molecule has 0 radical (unpaired) electrons. The molecule has 0 atom stereocenters. The van der Waals surface area contributed by atoms with Gasteiger partial charge in [-0.2, -0.15) is 4.98 Å². The van der Waals surface area contributed by atoms with Crippen LogP contribution < -0.4 is 10.1 Å². The Morgan fingerprint density at radius 1 is 1.32 bits per heavy atom. The van der Waals surface area contributed by atoms with E-state index >= 15 is 0 Å². The molecule has 1 N–H and O–H groups in total. The Kier molecular flexibility index (Phi) is 4.22. The zero-order valence-corrected chi connectivity index (χ0v) is 12.0. The van der Waals surface area contributed by atoms with E-state index in [1.54, 1.807) is 12.1 Å². The number of aromatic nitrogens is 2. The molecule has 2 rings (SSSR count). The molecule has 2 aromatic rings. The molecule has 1 heterocycles. The van der Waals surface area contributed by atoms with Gasteiger partial charge in [0.2, 0.25) is 5.88 Å². The van der Waals surface area contributed by atoms with Gasteiger partial charge in [-0.15, -0.1) is 0 Å². The number of hydrogen-bond donors (Lipinski definition) is 1. The number of aryl methyl sites for hydroxylation is 1. The number of hydrogen-bond acceptors (Lipinski definition) is 4. The monoisotopic (exact) mass is 277 g/mol. The summed E-state index contributed by atoms with van der Waals surface area (Å²) in [6, 6.07) is 7.25. The molecule has 1 aromatic heterocycles. The van der Waals surface area contributed by atoms with Crippen molar-refractivity contribution in [1.82, 2.24) is 9.97 Å². The molecule has 0 aliphatic rings. The van der Waals surface area contributed by atoms with Crippen LogP contribution in [0.5, 0.6) is 11.6 Å². The number of rotatable bonds is 4. The molecule has 0 saturated heterocycles. The molecular formula is C14H16ClN3O. The van der Waals surface area contributed by atoms with E-state index in [0.717, 1.165) is 23.6 Å². The summed E-state index contributed by atoms with van der Waals surface area (Å²) in [6.45, 7) is 3.93. The number of ether oxygens (including phenoxy) is 1. The third kappa shape index (κ3) is 3.15. The highest BCUT2D eigenvalue weighted by Crippen LogP contribution is 2.28. The number of nitrogens with zero attached hydrogens (tertiary/aromatic N) is 2. The smallest absolute Gasteiger partial charge is 0.227 e. The normalized spacial score (nSPS) is 10.3. The summed E-state index contributed by atoms with van der Waals surface area (Å²) in [5, 5.41) is 3.68. The summed E-state index contributed by atoms with van der Waals surface area (Å²) < 4.78 is 5.80. The van der Waals surface area contributed by atoms with Crippen LogP contribution in [0.3, 0.4) is 0 Å². The Morgan fingerprint density at radius 3 is 2.74 bits per heavy atom. The van der Waals surface area contributed by atoms with Crippen molar-refractivity contribution in [1.29, 1.82) is 0 Å². The Balaban J connectivity index is 2.38. The van der Waals surface area contributed by atoms with Gasteiger partial charge in [0.15, 0.2) is 0 Å². The SMILES string of the molecule is CCc1nc(NC)c(C)c(Oc2cccc(Cl)c2)n1. The van der Waals surface area contributed by atoms with Crippen molar-refractivity contribution in [2.24, 2.45) is 0 Å². The molecule has 0 spiro atoms. The Bertz CT molecular complexity index is 587. The average molecular weight is 278 g/mol. The molecule has 0 amide bonds. The average Bonchev–Trinajstić information content (AvgIpc) is 2.41. The van der Waals surface area contributed by atoms with Gasteiger partial charge in [-0.05, 0) is 25.1 Å². The summed E-state index contributed by atoms with van der Waals surface area (Å²) in [5.41, 5.74) is 0.875. The highest BCUT2D eigenvalue weighted by molar-refractivity contribution is 6.30. The van der Waals surface area contributed by atoms with Gasteiger partial charge in [-0.25, -0.2) is 4.98 Å². The first-order valence-electron chi connectivity index (χ1n) is 6.12. The molecule has 4 nitrogen and oxygen atoms in total. The van der Waals surface area contributed by atoms with Crippen molar-refractivity contribution in [3.63, 3.8) is 0 Å². The van der Waals surface area contributed by atoms with Crippen LogP contribution in [0.15, 0.2) is 24.3 Å². The van der Waals surface area contributed by atoms with E-state index < -0.39 is 0 Å². The molecule has 0 saturated carbocycles. The second-order valence-corrected chi connectivity index (χ2v) is 4.52. The fourth-order valence-electron chi connectivity index (χ4n) is 1.68. The third-order valence-electron chi connectivity index (χ3n) is 2.71. The molecule has 19 heavy (non-hydrogen) atoms. The molecule has 100 valence electrons. The maximum Gasteiger partial charge on any atom is 0.227 e. The molecule has 0 unspecified atom stereocenters. The Hall–Kier alpha value is -1.81. The first kappa shape index (κ1) is 13.6. The topological polar surface area (TPSA) is 47.0 Å². The van der Waals surface area contributed by atoms with Crippen molar-refractivity contribution in [3.8, 4) is 11.6 Å². The lowest BCUT2D eigenvalue weighted by atomic mass is 10.3. The summed E-state index contributed by atoms with van der Waals surface area (Å²) in [6.07, 6.45) is 0.751. The molecule has 5 heteroatoms. The minimum absolute atomic E-state index is 0.554. The number of nitrogens with one attached hydrogen (secondary N) is 1. The van der Waals surface area contributed by atoms with E-state index in [4.69, 9.17) is 16.3 Å². The first-order valence-corrected chi connectivity index (χ1v) is 6.50. The fraction of sp³-hybridized carbons (Fsp3) is 0.286. The maximum atomic E-state index is 5.94. The van der Waals surface area contributed by atoms with Gasteiger partial charge in [-0.3, -0.25) is 0 Å². The highest BCUT2D eigenvalue weighted by Gasteiger charge is 2.11. The number of anilines is 1. The summed E-state index contributed by atoms with van der Waals surface area (Å²) in [7, 11) is 1.83. The van der Waals surface area contributed by atoms with Crippen LogP contribution in [0.1, 0.15) is 18.3 Å². The zero-order valence-electron chi connectivity index (χ0n) is 11.2. The predicted molar refractivity (Wildman–Crippen MR) is 77.2 cm³/mol. The second kappa shape index (κ2) is 5.89. The third-order valence-corrected chi connectivity index (χ3v) is 2.95. The molecule has 0 aliphatic carbocycles. The number of halogens is 1. The second-order valence-electron chi connectivity index (χ2n) is 4.08. The van der Waals surface area contributed by atoms with Crippen molar-refractivity contribution in [3.05, 3.63) is 40.7 Å². The van der Waals surface area contributed by atoms with E-state index in [1.165, 1.54) is 0 Å². The van der Waals surface area contributed by atoms with Crippen molar-refractivity contribution in [2.45, 2.75) is 20.3 Å². The van der Waals surface area contributed by atoms with E-state index in [9.17, 15) is 0 Å². The Morgan fingerprint density at radius 2 is 2.11 bits per heavy atom. The minimum Gasteiger partial charge on any atom is -0.438 e. The van der Waals surface area contributed by atoms with Crippen LogP contribution >= 0.6 is 11.6 Å². The largest absolute Gasteiger partial charge is 0.438 e. The highest BCUT2D eigenvalue weighted by atomic mass is 35.5. The van der Waals surface area contributed by atoms with Crippen LogP contribution in [0.4, 0.5) is 5.82 Å². The summed E-state index contributed by atoms with van der Waals surface area (Å²) in [4.78, 5) is 8.81. The lowest BCUT2D eigenvalue weighted by Crippen LogP contribution is -2.04. The molecule has 1 aromatic carbocycles. The minimum atomic E-state index is 0.554. The molecule has 0 bridgehead atoms. The quantitative estimate of drug-likeness (QED) is 0.922. The van der Waals surface area contributed by atoms with E-state index in [2.05, 4.69) is 15.3 Å². The van der Waals surface area contributed by atoms with E-state index in [0.29, 0.717) is 16.7 Å². The van der Waals surface area contributed by atoms with Crippen LogP contribution in [-0.4, -0.2) is 17.0 Å². The van der Waals surface area contributed by atoms with E-state index in [-0.39, 0.29) is 0 Å². The fourth-order valence-corrected chi connectivity index (χ4v) is 1.86. The maximum absolute atomic E-state index is 5.94. The van der Waals surface area contributed by atoms with Gasteiger partial charge >= 0.3 is 0 Å². The predicted octanol–water partition coefficient (Wildman–Crippen LogP) is 3.83. The lowest BCUT2D eigenvalue weighted by molar-refractivity contribution is 0.455. The van der Waals surface area contributed by atoms with Crippen LogP contribution in [0.2, 0.25) is 5.02 Å². The van der Waals surface area contributed by atoms with Gasteiger partial charge in [0.05, 0.1) is 5.56 Å². The zero-order chi connectivity index (χ0) is 13.8. The summed E-state index contributed by atoms with van der Waals surface area (Å²) in [5.74, 6) is 2.74. The first-order chi connectivity index (χ1) is 9.13. The van der Waals surface area contributed by atoms with Gasteiger partial charge < -0.3 is 10.1 Å². The Labute approximate surface area is 117 Å². The van der Waals surface area contributed by atoms with Crippen LogP contribution in [-0.2, 0) is 6.42 Å². The van der Waals surface area contributed by atoms with Crippen molar-refractivity contribution in [2.75, 3.05) is 12.4 Å². The van der Waals surface area contributed by atoms with Gasteiger partial charge in [-0.1, -0.05) is 24.6 Å². The van der Waals surface area contributed by atoms with Crippen molar-refractivity contribution >= 4 is 17.4 Å². The van der Waals surface area contributed by atoms with Crippen molar-refractivity contribution < 1.29 is 4.74 Å².